The van der Waals surface area contributed by atoms with Crippen LogP contribution in [0.5, 0.6) is 23.0 Å². The van der Waals surface area contributed by atoms with Gasteiger partial charge in [-0.3, -0.25) is 0 Å². The standard InChI is InChI=1S/C19H17Cl2N3O2.C18H15Cl2N3O2/c1-3-19(25-2,11-24-13-22-12-23-24)17-9-8-16(10-18(17)21)26-15-6-4-14(20)5-7-15;1-2-18(24,10-23-12-21-11-22-23)16-8-7-15(9-17(16)20)25-14-5-3-13(19)4-6-14/h3-10,12-13H,1,11H2,2H3;2-9,11-12,24H,1,10H2. The van der Waals surface area contributed by atoms with E-state index in [1.54, 1.807) is 97.0 Å². The van der Waals surface area contributed by atoms with Gasteiger partial charge >= 0.3 is 0 Å². The molecule has 4 aromatic carbocycles. The number of rotatable bonds is 13. The molecule has 6 rings (SSSR count). The zero-order valence-corrected chi connectivity index (χ0v) is 30.3. The number of benzene rings is 4. The van der Waals surface area contributed by atoms with E-state index in [1.807, 2.05) is 12.1 Å². The molecule has 1 N–H and O–H groups in total. The van der Waals surface area contributed by atoms with Gasteiger partial charge in [-0.2, -0.15) is 10.2 Å². The number of hydrogen-bond donors (Lipinski definition) is 1. The molecule has 2 atom stereocenters. The Labute approximate surface area is 315 Å². The van der Waals surface area contributed by atoms with Crippen molar-refractivity contribution in [1.82, 2.24) is 29.5 Å². The van der Waals surface area contributed by atoms with Crippen molar-refractivity contribution in [1.29, 1.82) is 0 Å². The van der Waals surface area contributed by atoms with Gasteiger partial charge in [0.05, 0.1) is 23.1 Å². The molecule has 0 saturated carbocycles. The second-order valence-electron chi connectivity index (χ2n) is 11.0. The molecule has 14 heteroatoms. The van der Waals surface area contributed by atoms with Gasteiger partial charge in [-0.1, -0.05) is 83.8 Å². The third-order valence-electron chi connectivity index (χ3n) is 7.67. The fourth-order valence-corrected chi connectivity index (χ4v) is 5.90. The summed E-state index contributed by atoms with van der Waals surface area (Å²) in [6, 6.07) is 24.6. The van der Waals surface area contributed by atoms with Crippen LogP contribution in [0.1, 0.15) is 11.1 Å². The van der Waals surface area contributed by atoms with E-state index in [0.717, 1.165) is 5.56 Å². The molecule has 0 spiro atoms. The summed E-state index contributed by atoms with van der Waals surface area (Å²) >= 11 is 24.6. The summed E-state index contributed by atoms with van der Waals surface area (Å²) in [5.74, 6) is 2.46. The molecule has 0 radical (unpaired) electrons. The normalized spacial score (nSPS) is 13.2. The van der Waals surface area contributed by atoms with Crippen LogP contribution < -0.4 is 9.47 Å². The fraction of sp³-hybridized carbons (Fsp3) is 0.135. The monoisotopic (exact) mass is 764 g/mol. The number of aliphatic hydroxyl groups is 1. The van der Waals surface area contributed by atoms with Crippen molar-refractivity contribution in [3.05, 3.63) is 167 Å². The van der Waals surface area contributed by atoms with Crippen molar-refractivity contribution in [3.8, 4) is 23.0 Å². The summed E-state index contributed by atoms with van der Waals surface area (Å²) in [6.07, 6.45) is 9.12. The van der Waals surface area contributed by atoms with Crippen LogP contribution in [0.15, 0.2) is 136 Å². The minimum absolute atomic E-state index is 0.146. The molecule has 0 fully saturated rings. The summed E-state index contributed by atoms with van der Waals surface area (Å²) in [7, 11) is 1.60. The van der Waals surface area contributed by atoms with E-state index in [-0.39, 0.29) is 6.54 Å². The molecular weight excluding hydrogens is 734 g/mol. The van der Waals surface area contributed by atoms with Crippen molar-refractivity contribution in [2.75, 3.05) is 7.11 Å². The van der Waals surface area contributed by atoms with Gasteiger partial charge in [0, 0.05) is 28.3 Å². The summed E-state index contributed by atoms with van der Waals surface area (Å²) in [5, 5.41) is 21.2. The van der Waals surface area contributed by atoms with Crippen LogP contribution in [0.4, 0.5) is 0 Å². The molecule has 0 bridgehead atoms. The Hall–Kier alpha value is -4.68. The Balaban J connectivity index is 0.000000198. The second kappa shape index (κ2) is 17.0. The van der Waals surface area contributed by atoms with Crippen molar-refractivity contribution in [2.45, 2.75) is 24.3 Å². The van der Waals surface area contributed by atoms with Crippen LogP contribution in [-0.2, 0) is 29.0 Å². The maximum absolute atomic E-state index is 10.9. The lowest BCUT2D eigenvalue weighted by atomic mass is 9.93. The lowest BCUT2D eigenvalue weighted by molar-refractivity contribution is 0.0113. The van der Waals surface area contributed by atoms with Gasteiger partial charge in [-0.05, 0) is 72.8 Å². The molecule has 2 aromatic heterocycles. The molecule has 6 aromatic rings. The number of nitrogens with zero attached hydrogens (tertiary/aromatic N) is 6. The highest BCUT2D eigenvalue weighted by Crippen LogP contribution is 2.37. The molecule has 0 aliphatic carbocycles. The molecule has 10 nitrogen and oxygen atoms in total. The summed E-state index contributed by atoms with van der Waals surface area (Å²) in [5.41, 5.74) is -0.966. The second-order valence-corrected chi connectivity index (χ2v) is 12.7. The van der Waals surface area contributed by atoms with E-state index in [4.69, 9.17) is 60.6 Å². The third-order valence-corrected chi connectivity index (χ3v) is 8.80. The Morgan fingerprint density at radius 1 is 0.647 bits per heavy atom. The molecule has 51 heavy (non-hydrogen) atoms. The van der Waals surface area contributed by atoms with Gasteiger partial charge in [0.1, 0.15) is 59.5 Å². The van der Waals surface area contributed by atoms with Gasteiger partial charge in [0.25, 0.3) is 0 Å². The zero-order chi connectivity index (χ0) is 36.4. The van der Waals surface area contributed by atoms with Gasteiger partial charge in [0.2, 0.25) is 0 Å². The number of methoxy groups -OCH3 is 1. The minimum atomic E-state index is -1.39. The maximum Gasteiger partial charge on any atom is 0.137 e. The molecular formula is C37H32Cl4N6O4. The van der Waals surface area contributed by atoms with Crippen LogP contribution in [0.2, 0.25) is 20.1 Å². The number of hydrogen-bond acceptors (Lipinski definition) is 8. The highest BCUT2D eigenvalue weighted by molar-refractivity contribution is 6.32. The van der Waals surface area contributed by atoms with E-state index in [9.17, 15) is 5.11 Å². The molecule has 0 amide bonds. The molecule has 2 unspecified atom stereocenters. The first-order chi connectivity index (χ1) is 24.6. The van der Waals surface area contributed by atoms with E-state index in [0.29, 0.717) is 55.2 Å². The first-order valence-electron chi connectivity index (χ1n) is 15.2. The van der Waals surface area contributed by atoms with Crippen molar-refractivity contribution in [2.24, 2.45) is 0 Å². The first-order valence-corrected chi connectivity index (χ1v) is 16.7. The molecule has 2 heterocycles. The third kappa shape index (κ3) is 9.56. The smallest absolute Gasteiger partial charge is 0.137 e. The van der Waals surface area contributed by atoms with Crippen LogP contribution in [0, 0.1) is 0 Å². The lowest BCUT2D eigenvalue weighted by Crippen LogP contribution is -2.32. The maximum atomic E-state index is 10.9. The predicted molar refractivity (Wildman–Crippen MR) is 199 cm³/mol. The van der Waals surface area contributed by atoms with Gasteiger partial charge in [0.15, 0.2) is 0 Å². The van der Waals surface area contributed by atoms with E-state index >= 15 is 0 Å². The largest absolute Gasteiger partial charge is 0.457 e. The van der Waals surface area contributed by atoms with Gasteiger partial charge in [-0.15, -0.1) is 0 Å². The molecule has 0 aliphatic rings. The predicted octanol–water partition coefficient (Wildman–Crippen LogP) is 9.56. The molecule has 0 aliphatic heterocycles. The highest BCUT2D eigenvalue weighted by Gasteiger charge is 2.32. The Morgan fingerprint density at radius 2 is 1.10 bits per heavy atom. The lowest BCUT2D eigenvalue weighted by Gasteiger charge is -2.30. The van der Waals surface area contributed by atoms with Crippen LogP contribution in [0.25, 0.3) is 0 Å². The topological polar surface area (TPSA) is 109 Å². The summed E-state index contributed by atoms with van der Waals surface area (Å²) in [6.45, 7) is 8.17. The number of ether oxygens (including phenoxy) is 3. The highest BCUT2D eigenvalue weighted by atomic mass is 35.5. The van der Waals surface area contributed by atoms with Crippen molar-refractivity contribution < 1.29 is 19.3 Å². The average molecular weight is 767 g/mol. The number of halogens is 4. The number of aromatic nitrogens is 6. The quantitative estimate of drug-likeness (QED) is 0.116. The average Bonchev–Trinajstić information content (AvgIpc) is 3.84. The van der Waals surface area contributed by atoms with E-state index < -0.39 is 11.2 Å². The minimum Gasteiger partial charge on any atom is -0.457 e. The van der Waals surface area contributed by atoms with E-state index in [2.05, 4.69) is 33.3 Å². The van der Waals surface area contributed by atoms with Crippen LogP contribution >= 0.6 is 46.4 Å². The Morgan fingerprint density at radius 3 is 1.49 bits per heavy atom. The summed E-state index contributed by atoms with van der Waals surface area (Å²) in [4.78, 5) is 7.83. The van der Waals surface area contributed by atoms with Crippen molar-refractivity contribution >= 4 is 46.4 Å². The SMILES string of the molecule is C=CC(Cn1cncn1)(OC)c1ccc(Oc2ccc(Cl)cc2)cc1Cl.C=CC(O)(Cn1cncn1)c1ccc(Oc2ccc(Cl)cc2)cc1Cl. The fourth-order valence-electron chi connectivity index (χ4n) is 4.98. The molecule has 0 saturated heterocycles. The molecule has 262 valence electrons. The van der Waals surface area contributed by atoms with Crippen molar-refractivity contribution in [3.63, 3.8) is 0 Å². The Bertz CT molecular complexity index is 2050. The zero-order valence-electron chi connectivity index (χ0n) is 27.2. The van der Waals surface area contributed by atoms with Gasteiger partial charge in [-0.25, -0.2) is 19.3 Å². The van der Waals surface area contributed by atoms with Gasteiger partial charge < -0.3 is 19.3 Å². The summed E-state index contributed by atoms with van der Waals surface area (Å²) < 4.78 is 20.5. The van der Waals surface area contributed by atoms with Crippen LogP contribution in [0.3, 0.4) is 0 Å². The first kappa shape index (κ1) is 37.6. The van der Waals surface area contributed by atoms with E-state index in [1.165, 1.54) is 29.7 Å². The van der Waals surface area contributed by atoms with Crippen LogP contribution in [-0.4, -0.2) is 41.7 Å². The Kier molecular flexibility index (Phi) is 12.5.